The molecule has 7 N–H and O–H groups in total. The van der Waals surface area contributed by atoms with Crippen LogP contribution in [0.4, 0.5) is 0 Å². The fraction of sp³-hybridized carbons (Fsp3) is 0.750. The Kier molecular flexibility index (Phi) is 4.43. The molecule has 8 nitrogen and oxygen atoms in total. The van der Waals surface area contributed by atoms with Gasteiger partial charge in [-0.05, 0) is 25.7 Å². The largest absolute Gasteiger partial charge is 0.370 e. The molecule has 2 amide bonds. The summed E-state index contributed by atoms with van der Waals surface area (Å²) in [5.74, 6) is -0.550. The fourth-order valence-electron chi connectivity index (χ4n) is 2.56. The van der Waals surface area contributed by atoms with Crippen LogP contribution in [0, 0.1) is 0 Å². The molecule has 0 aromatic rings. The maximum absolute atomic E-state index is 12.1. The third kappa shape index (κ3) is 3.60. The molecule has 0 unspecified atom stereocenters. The normalized spacial score (nSPS) is 26.9. The summed E-state index contributed by atoms with van der Waals surface area (Å²) >= 11 is 0. The van der Waals surface area contributed by atoms with Gasteiger partial charge in [0.1, 0.15) is 6.04 Å². The summed E-state index contributed by atoms with van der Waals surface area (Å²) in [6, 6.07) is -0.402. The number of primary amides is 1. The molecule has 112 valence electrons. The molecular weight excluding hydrogens is 260 g/mol. The monoisotopic (exact) mass is 282 g/mol. The Balaban J connectivity index is 1.93. The fourth-order valence-corrected chi connectivity index (χ4v) is 2.56. The molecule has 1 aliphatic carbocycles. The second-order valence-corrected chi connectivity index (χ2v) is 5.36. The smallest absolute Gasteiger partial charge is 0.241 e. The first-order chi connectivity index (χ1) is 9.49. The molecule has 1 aliphatic heterocycles. The zero-order valence-electron chi connectivity index (χ0n) is 11.4. The van der Waals surface area contributed by atoms with Crippen LogP contribution in [0.15, 0.2) is 4.99 Å². The molecule has 0 aromatic carbocycles. The van der Waals surface area contributed by atoms with Gasteiger partial charge in [0.15, 0.2) is 5.96 Å². The highest BCUT2D eigenvalue weighted by Gasteiger charge is 2.43. The van der Waals surface area contributed by atoms with Crippen molar-refractivity contribution in [2.75, 3.05) is 13.1 Å². The van der Waals surface area contributed by atoms with E-state index in [4.69, 9.17) is 17.2 Å². The molecule has 0 bridgehead atoms. The average molecular weight is 282 g/mol. The van der Waals surface area contributed by atoms with Crippen LogP contribution in [0.5, 0.6) is 0 Å². The second-order valence-electron chi connectivity index (χ2n) is 5.36. The molecule has 2 atom stereocenters. The Bertz CT molecular complexity index is 416. The number of nitrogens with one attached hydrogen (secondary N) is 1. The van der Waals surface area contributed by atoms with Crippen molar-refractivity contribution in [2.24, 2.45) is 22.2 Å². The van der Waals surface area contributed by atoms with Crippen molar-refractivity contribution >= 4 is 17.8 Å². The number of nitrogens with two attached hydrogens (primary N) is 3. The standard InChI is InChI=1S/C12H22N6O2/c13-10(19)8-6-18(7-3-4-7)9(11(20)17-8)2-1-5-16-12(14)15/h7-9H,1-6H2,(H2,13,19)(H,17,20)(H4,14,15,16)/t8-,9+/m1/s1. The van der Waals surface area contributed by atoms with Gasteiger partial charge in [0.2, 0.25) is 11.8 Å². The van der Waals surface area contributed by atoms with Gasteiger partial charge in [-0.3, -0.25) is 19.5 Å². The van der Waals surface area contributed by atoms with Crippen LogP contribution in [-0.4, -0.2) is 53.9 Å². The number of rotatable bonds is 6. The first-order valence-electron chi connectivity index (χ1n) is 6.90. The topological polar surface area (TPSA) is 140 Å². The lowest BCUT2D eigenvalue weighted by molar-refractivity contribution is -0.136. The highest BCUT2D eigenvalue weighted by Crippen LogP contribution is 2.31. The van der Waals surface area contributed by atoms with Crippen LogP contribution in [0.2, 0.25) is 0 Å². The van der Waals surface area contributed by atoms with Gasteiger partial charge in [0.25, 0.3) is 0 Å². The third-order valence-corrected chi connectivity index (χ3v) is 3.70. The van der Waals surface area contributed by atoms with Gasteiger partial charge in [-0.2, -0.15) is 0 Å². The lowest BCUT2D eigenvalue weighted by Gasteiger charge is -2.38. The predicted molar refractivity (Wildman–Crippen MR) is 74.6 cm³/mol. The van der Waals surface area contributed by atoms with Crippen molar-refractivity contribution in [1.82, 2.24) is 10.2 Å². The molecule has 20 heavy (non-hydrogen) atoms. The minimum absolute atomic E-state index is 0.0611. The molecule has 1 saturated heterocycles. The van der Waals surface area contributed by atoms with E-state index >= 15 is 0 Å². The van der Waals surface area contributed by atoms with Crippen molar-refractivity contribution in [1.29, 1.82) is 0 Å². The summed E-state index contributed by atoms with van der Waals surface area (Å²) in [4.78, 5) is 29.4. The first kappa shape index (κ1) is 14.6. The number of nitrogens with zero attached hydrogens (tertiary/aromatic N) is 2. The Morgan fingerprint density at radius 3 is 2.60 bits per heavy atom. The summed E-state index contributed by atoms with van der Waals surface area (Å²) in [7, 11) is 0. The number of hydrogen-bond acceptors (Lipinski definition) is 4. The van der Waals surface area contributed by atoms with Crippen molar-refractivity contribution in [3.8, 4) is 0 Å². The maximum atomic E-state index is 12.1. The van der Waals surface area contributed by atoms with E-state index in [1.165, 1.54) is 0 Å². The molecule has 0 radical (unpaired) electrons. The van der Waals surface area contributed by atoms with Gasteiger partial charge in [0.05, 0.1) is 6.04 Å². The summed E-state index contributed by atoms with van der Waals surface area (Å²) in [6.45, 7) is 1.00. The van der Waals surface area contributed by atoms with E-state index in [-0.39, 0.29) is 17.9 Å². The van der Waals surface area contributed by atoms with Gasteiger partial charge in [0, 0.05) is 19.1 Å². The van der Waals surface area contributed by atoms with Gasteiger partial charge >= 0.3 is 0 Å². The first-order valence-corrected chi connectivity index (χ1v) is 6.90. The molecule has 8 heteroatoms. The van der Waals surface area contributed by atoms with Crippen LogP contribution in [0.25, 0.3) is 0 Å². The minimum atomic E-state index is -0.586. The maximum Gasteiger partial charge on any atom is 0.241 e. The van der Waals surface area contributed by atoms with Gasteiger partial charge in [-0.1, -0.05) is 0 Å². The lowest BCUT2D eigenvalue weighted by atomic mass is 10.0. The SMILES string of the molecule is NC(=O)[C@H]1CN(C2CC2)[C@@H](CCCN=C(N)N)C(=O)N1. The van der Waals surface area contributed by atoms with Gasteiger partial charge in [-0.25, -0.2) is 0 Å². The van der Waals surface area contributed by atoms with Crippen molar-refractivity contribution in [3.63, 3.8) is 0 Å². The predicted octanol–water partition coefficient (Wildman–Crippen LogP) is -2.14. The molecule has 0 aromatic heterocycles. The number of carbonyl (C=O) groups excluding carboxylic acids is 2. The van der Waals surface area contributed by atoms with E-state index in [0.29, 0.717) is 25.6 Å². The number of hydrogen-bond donors (Lipinski definition) is 4. The van der Waals surface area contributed by atoms with Crippen LogP contribution < -0.4 is 22.5 Å². The molecule has 0 spiro atoms. The van der Waals surface area contributed by atoms with E-state index < -0.39 is 11.9 Å². The van der Waals surface area contributed by atoms with E-state index in [2.05, 4.69) is 15.2 Å². The van der Waals surface area contributed by atoms with E-state index in [9.17, 15) is 9.59 Å². The summed E-state index contributed by atoms with van der Waals surface area (Å²) < 4.78 is 0. The second kappa shape index (κ2) is 6.08. The van der Waals surface area contributed by atoms with E-state index in [0.717, 1.165) is 19.3 Å². The molecule has 2 fully saturated rings. The Labute approximate surface area is 117 Å². The van der Waals surface area contributed by atoms with Crippen molar-refractivity contribution < 1.29 is 9.59 Å². The molecule has 2 aliphatic rings. The highest BCUT2D eigenvalue weighted by molar-refractivity contribution is 5.90. The number of carbonyl (C=O) groups is 2. The molecule has 1 saturated carbocycles. The molecule has 1 heterocycles. The quantitative estimate of drug-likeness (QED) is 0.250. The number of guanidine groups is 1. The average Bonchev–Trinajstić information content (AvgIpc) is 3.19. The Morgan fingerprint density at radius 2 is 2.05 bits per heavy atom. The van der Waals surface area contributed by atoms with Crippen molar-refractivity contribution in [2.45, 2.75) is 43.8 Å². The highest BCUT2D eigenvalue weighted by atomic mass is 16.2. The Hall–Kier alpha value is -1.83. The molecular formula is C12H22N6O2. The summed E-state index contributed by atoms with van der Waals surface area (Å²) in [6.07, 6.45) is 3.54. The van der Waals surface area contributed by atoms with Gasteiger partial charge in [-0.15, -0.1) is 0 Å². The van der Waals surface area contributed by atoms with Crippen molar-refractivity contribution in [3.05, 3.63) is 0 Å². The van der Waals surface area contributed by atoms with Crippen LogP contribution in [0.1, 0.15) is 25.7 Å². The summed E-state index contributed by atoms with van der Waals surface area (Å²) in [5.41, 5.74) is 15.8. The zero-order valence-corrected chi connectivity index (χ0v) is 11.4. The van der Waals surface area contributed by atoms with Crippen LogP contribution in [0.3, 0.4) is 0 Å². The van der Waals surface area contributed by atoms with Crippen LogP contribution in [-0.2, 0) is 9.59 Å². The third-order valence-electron chi connectivity index (χ3n) is 3.70. The number of piperazine rings is 1. The zero-order chi connectivity index (χ0) is 14.7. The van der Waals surface area contributed by atoms with Crippen LogP contribution >= 0.6 is 0 Å². The summed E-state index contributed by atoms with van der Waals surface area (Å²) in [5, 5.41) is 2.69. The van der Waals surface area contributed by atoms with E-state index in [1.807, 2.05) is 0 Å². The van der Waals surface area contributed by atoms with Gasteiger partial charge < -0.3 is 22.5 Å². The minimum Gasteiger partial charge on any atom is -0.370 e. The number of amides is 2. The Morgan fingerprint density at radius 1 is 1.35 bits per heavy atom. The molecule has 2 rings (SSSR count). The van der Waals surface area contributed by atoms with E-state index in [1.54, 1.807) is 0 Å². The number of aliphatic imine (C=N–C) groups is 1. The lowest BCUT2D eigenvalue weighted by Crippen LogP contribution is -2.63.